The zero-order chi connectivity index (χ0) is 20.5. The maximum Gasteiger partial charge on any atom is 0.474 e. The quantitative estimate of drug-likeness (QED) is 0.130. The first-order chi connectivity index (χ1) is 12.6. The molecule has 0 fully saturated rings. The van der Waals surface area contributed by atoms with Gasteiger partial charge in [0.2, 0.25) is 0 Å². The lowest BCUT2D eigenvalue weighted by atomic mass is 10.2. The summed E-state index contributed by atoms with van der Waals surface area (Å²) in [5.41, 5.74) is -0.0671. The molecule has 0 unspecified atom stereocenters. The molecule has 0 saturated heterocycles. The summed E-state index contributed by atoms with van der Waals surface area (Å²) in [5.74, 6) is -0.147. The van der Waals surface area contributed by atoms with Gasteiger partial charge < -0.3 is 9.22 Å². The number of non-ortho nitro benzene ring substituents is 1. The van der Waals surface area contributed by atoms with E-state index in [1.54, 1.807) is 0 Å². The van der Waals surface area contributed by atoms with E-state index in [4.69, 9.17) is 18.3 Å². The number of benzene rings is 1. The van der Waals surface area contributed by atoms with E-state index in [1.165, 1.54) is 38.5 Å². The third-order valence-corrected chi connectivity index (χ3v) is 5.21. The van der Waals surface area contributed by atoms with Gasteiger partial charge in [-0.2, -0.15) is 0 Å². The maximum absolute atomic E-state index is 11.9. The van der Waals surface area contributed by atoms with Crippen LogP contribution in [0.5, 0.6) is 5.75 Å². The van der Waals surface area contributed by atoms with Gasteiger partial charge in [-0.1, -0.05) is 0 Å². The van der Waals surface area contributed by atoms with Crippen molar-refractivity contribution in [2.24, 2.45) is 0 Å². The second-order valence-corrected chi connectivity index (χ2v) is 8.24. The lowest BCUT2D eigenvalue weighted by Crippen LogP contribution is -2.43. The average molecular weight is 405 g/mol. The Bertz CT molecular complexity index is 670. The molecule has 0 bridgehead atoms. The lowest BCUT2D eigenvalue weighted by Gasteiger charge is -2.29. The summed E-state index contributed by atoms with van der Waals surface area (Å²) in [4.78, 5) is 22.0. The zero-order valence-corrected chi connectivity index (χ0v) is 16.8. The number of likely N-dealkylation sites (N-methyl/N-ethyl adjacent to an activating group) is 1. The highest BCUT2D eigenvalue weighted by Crippen LogP contribution is 2.47. The molecule has 0 saturated carbocycles. The number of esters is 1. The van der Waals surface area contributed by atoms with E-state index in [9.17, 15) is 19.5 Å². The number of carbonyl (C=O) groups excluding carboxylic acids is 1. The third kappa shape index (κ3) is 8.59. The van der Waals surface area contributed by atoms with Crippen LogP contribution < -0.4 is 4.74 Å². The number of hydrogen-bond donors (Lipinski definition) is 0. The van der Waals surface area contributed by atoms with E-state index in [2.05, 4.69) is 0 Å². The van der Waals surface area contributed by atoms with Crippen molar-refractivity contribution in [1.82, 2.24) is 0 Å². The Morgan fingerprint density at radius 3 is 2.26 bits per heavy atom. The fourth-order valence-corrected chi connectivity index (χ4v) is 2.83. The number of quaternary nitrogens is 1. The Hall–Kier alpha value is -1.84. The molecule has 11 heteroatoms. The van der Waals surface area contributed by atoms with Crippen LogP contribution in [0, 0.1) is 10.1 Å². The zero-order valence-electron chi connectivity index (χ0n) is 16.0. The average Bonchev–Trinajstić information content (AvgIpc) is 2.61. The third-order valence-electron chi connectivity index (χ3n) is 3.82. The Morgan fingerprint density at radius 2 is 1.74 bits per heavy atom. The summed E-state index contributed by atoms with van der Waals surface area (Å²) in [6.07, 6.45) is 0.777. The van der Waals surface area contributed by atoms with Crippen molar-refractivity contribution in [2.45, 2.75) is 12.8 Å². The normalized spacial score (nSPS) is 12.0. The van der Waals surface area contributed by atoms with E-state index in [0.717, 1.165) is 0 Å². The number of phosphoric ester groups is 1. The first kappa shape index (κ1) is 23.2. The van der Waals surface area contributed by atoms with Gasteiger partial charge in [0.05, 0.1) is 32.0 Å². The predicted octanol–water partition coefficient (Wildman–Crippen LogP) is 2.77. The summed E-state index contributed by atoms with van der Waals surface area (Å²) in [7, 11) is 2.93. The molecule has 0 atom stereocenters. The number of carbonyl (C=O) groups is 1. The van der Waals surface area contributed by atoms with Gasteiger partial charge in [-0.05, 0) is 12.1 Å². The van der Waals surface area contributed by atoms with E-state index in [1.807, 2.05) is 14.1 Å². The van der Waals surface area contributed by atoms with Crippen LogP contribution in [0.2, 0.25) is 0 Å². The number of nitro benzene ring substituents is 1. The molecular weight excluding hydrogens is 379 g/mol. The maximum atomic E-state index is 11.9. The minimum Gasteiger partial charge on any atom is -0.427 e. The van der Waals surface area contributed by atoms with Crippen LogP contribution in [-0.2, 0) is 22.9 Å². The Labute approximate surface area is 158 Å². The minimum absolute atomic E-state index is 0.0671. The molecule has 0 aliphatic rings. The Kier molecular flexibility index (Phi) is 9.01. The highest BCUT2D eigenvalue weighted by atomic mass is 31.2. The van der Waals surface area contributed by atoms with Crippen LogP contribution in [0.4, 0.5) is 5.69 Å². The van der Waals surface area contributed by atoms with E-state index >= 15 is 0 Å². The first-order valence-electron chi connectivity index (χ1n) is 8.24. The van der Waals surface area contributed by atoms with Crippen molar-refractivity contribution in [3.63, 3.8) is 0 Å². The van der Waals surface area contributed by atoms with Crippen molar-refractivity contribution in [1.29, 1.82) is 0 Å². The van der Waals surface area contributed by atoms with E-state index in [-0.39, 0.29) is 24.5 Å². The molecule has 0 amide bonds. The molecule has 0 N–H and O–H groups in total. The van der Waals surface area contributed by atoms with Crippen molar-refractivity contribution >= 4 is 19.5 Å². The summed E-state index contributed by atoms with van der Waals surface area (Å²) in [6.45, 7) is 1.40. The summed E-state index contributed by atoms with van der Waals surface area (Å²) >= 11 is 0. The van der Waals surface area contributed by atoms with Gasteiger partial charge in [-0.25, -0.2) is 4.57 Å². The fraction of sp³-hybridized carbons (Fsp3) is 0.562. The molecule has 0 heterocycles. The number of nitro groups is 1. The highest BCUT2D eigenvalue weighted by molar-refractivity contribution is 7.48. The minimum atomic E-state index is -3.48. The molecule has 10 nitrogen and oxygen atoms in total. The van der Waals surface area contributed by atoms with Gasteiger partial charge >= 0.3 is 13.8 Å². The van der Waals surface area contributed by atoms with Gasteiger partial charge in [-0.15, -0.1) is 0 Å². The van der Waals surface area contributed by atoms with Crippen molar-refractivity contribution in [3.8, 4) is 5.75 Å². The van der Waals surface area contributed by atoms with Gasteiger partial charge in [0, 0.05) is 32.8 Å². The predicted molar refractivity (Wildman–Crippen MR) is 97.4 cm³/mol. The molecule has 0 spiro atoms. The molecule has 0 radical (unpaired) electrons. The van der Waals surface area contributed by atoms with Crippen molar-refractivity contribution in [2.75, 3.05) is 48.0 Å². The molecule has 0 aliphatic carbocycles. The molecular formula is C16H26N2O8P+. The first-order valence-corrected chi connectivity index (χ1v) is 9.70. The molecule has 1 aromatic rings. The largest absolute Gasteiger partial charge is 0.474 e. The van der Waals surface area contributed by atoms with Gasteiger partial charge in [-0.3, -0.25) is 28.5 Å². The number of hydrogen-bond acceptors (Lipinski definition) is 8. The number of nitrogens with zero attached hydrogens (tertiary/aromatic N) is 2. The monoisotopic (exact) mass is 405 g/mol. The van der Waals surface area contributed by atoms with Crippen molar-refractivity contribution < 1.29 is 37.1 Å². The topological polar surface area (TPSA) is 114 Å². The summed E-state index contributed by atoms with van der Waals surface area (Å²) in [5, 5.41) is 10.6. The van der Waals surface area contributed by atoms with Crippen LogP contribution in [0.1, 0.15) is 12.8 Å². The van der Waals surface area contributed by atoms with Crippen LogP contribution >= 0.6 is 7.82 Å². The number of phosphoric acid groups is 1. The molecule has 0 aromatic heterocycles. The Morgan fingerprint density at radius 1 is 1.15 bits per heavy atom. The lowest BCUT2D eigenvalue weighted by molar-refractivity contribution is -0.890. The molecule has 0 aliphatic heterocycles. The van der Waals surface area contributed by atoms with Crippen molar-refractivity contribution in [3.05, 3.63) is 34.4 Å². The van der Waals surface area contributed by atoms with Gasteiger partial charge in [0.25, 0.3) is 5.69 Å². The summed E-state index contributed by atoms with van der Waals surface area (Å²) in [6, 6.07) is 5.33. The standard InChI is InChI=1S/C16H26N2O8P/c1-18(2,12-13-25-27(22,23-3)24-4)11-5-6-16(19)26-15-9-7-14(8-10-15)17(20)21/h7-10H,5-6,11-13H2,1-4H3/q+1. The van der Waals surface area contributed by atoms with Gasteiger partial charge in [0.1, 0.15) is 18.9 Å². The van der Waals surface area contributed by atoms with E-state index < -0.39 is 18.7 Å². The van der Waals surface area contributed by atoms with E-state index in [0.29, 0.717) is 24.0 Å². The Balaban J connectivity index is 2.34. The van der Waals surface area contributed by atoms with Crippen LogP contribution in [0.15, 0.2) is 24.3 Å². The second-order valence-electron chi connectivity index (χ2n) is 6.36. The number of ether oxygens (including phenoxy) is 1. The molecule has 1 aromatic carbocycles. The molecule has 1 rings (SSSR count). The van der Waals surface area contributed by atoms with Crippen LogP contribution in [0.25, 0.3) is 0 Å². The molecule has 152 valence electrons. The van der Waals surface area contributed by atoms with Crippen LogP contribution in [0.3, 0.4) is 0 Å². The molecule has 27 heavy (non-hydrogen) atoms. The van der Waals surface area contributed by atoms with Crippen LogP contribution in [-0.4, -0.2) is 63.4 Å². The smallest absolute Gasteiger partial charge is 0.427 e. The van der Waals surface area contributed by atoms with Gasteiger partial charge in [0.15, 0.2) is 0 Å². The highest BCUT2D eigenvalue weighted by Gasteiger charge is 2.25. The number of rotatable bonds is 12. The SMILES string of the molecule is COP(=O)(OC)OCC[N+](C)(C)CCCC(=O)Oc1ccc([N+](=O)[O-])cc1. The fourth-order valence-electron chi connectivity index (χ4n) is 2.16. The second kappa shape index (κ2) is 10.5. The summed E-state index contributed by atoms with van der Waals surface area (Å²) < 4.78 is 32.0.